The fraction of sp³-hybridized carbons (Fsp3) is 0.419. The molecule has 0 saturated carbocycles. The van der Waals surface area contributed by atoms with Crippen LogP contribution in [0.1, 0.15) is 69.2 Å². The number of aromatic hydroxyl groups is 1. The number of thiazole rings is 1. The summed E-state index contributed by atoms with van der Waals surface area (Å²) in [4.78, 5) is 65.3. The minimum absolute atomic E-state index is 0.00244. The number of rotatable bonds is 14. The normalized spacial score (nSPS) is 17.7. The number of aromatic amines is 1. The predicted molar refractivity (Wildman–Crippen MR) is 229 cm³/mol. The molecule has 5 heterocycles. The molecule has 3 atom stereocenters. The van der Waals surface area contributed by atoms with E-state index in [9.17, 15) is 29.4 Å². The molecule has 14 nitrogen and oxygen atoms in total. The number of amides is 4. The zero-order valence-corrected chi connectivity index (χ0v) is 36.1. The van der Waals surface area contributed by atoms with Crippen molar-refractivity contribution in [2.24, 2.45) is 5.41 Å². The highest BCUT2D eigenvalue weighted by molar-refractivity contribution is 7.13. The number of carbonyl (C=O) groups is 4. The summed E-state index contributed by atoms with van der Waals surface area (Å²) in [6.07, 6.45) is 2.57. The first-order chi connectivity index (χ1) is 28.3. The molecule has 7 rings (SSSR count). The number of aliphatic hydroxyl groups excluding tert-OH is 1. The summed E-state index contributed by atoms with van der Waals surface area (Å²) in [5.41, 5.74) is 6.88. The van der Waals surface area contributed by atoms with Crippen LogP contribution in [-0.4, -0.2) is 111 Å². The molecule has 2 aromatic carbocycles. The van der Waals surface area contributed by atoms with Gasteiger partial charge in [-0.15, -0.1) is 21.5 Å². The number of phenolic OH excluding ortho intramolecular Hbond substituents is 1. The molecule has 0 aliphatic carbocycles. The molecule has 310 valence electrons. The van der Waals surface area contributed by atoms with E-state index in [1.165, 1.54) is 4.90 Å². The van der Waals surface area contributed by atoms with E-state index in [-0.39, 0.29) is 66.6 Å². The summed E-state index contributed by atoms with van der Waals surface area (Å²) in [7, 11) is -1.19. The van der Waals surface area contributed by atoms with Crippen molar-refractivity contribution in [3.05, 3.63) is 83.1 Å². The third kappa shape index (κ3) is 9.55. The van der Waals surface area contributed by atoms with Crippen LogP contribution in [0.25, 0.3) is 32.7 Å². The molecule has 1 unspecified atom stereocenters. The molecular formula is C43H52N8O6SSi. The van der Waals surface area contributed by atoms with Crippen LogP contribution in [0.15, 0.2) is 66.3 Å². The minimum atomic E-state index is -1.19. The highest BCUT2D eigenvalue weighted by atomic mass is 32.1. The average molecular weight is 837 g/mol. The third-order valence-electron chi connectivity index (χ3n) is 11.5. The minimum Gasteiger partial charge on any atom is -0.507 e. The zero-order chi connectivity index (χ0) is 41.8. The number of aliphatic hydroxyl groups is 1. The molecule has 2 aliphatic heterocycles. The number of benzene rings is 2. The Balaban J connectivity index is 0.847. The first kappa shape index (κ1) is 41.7. The van der Waals surface area contributed by atoms with Gasteiger partial charge in [-0.2, -0.15) is 0 Å². The Labute approximate surface area is 349 Å². The summed E-state index contributed by atoms with van der Waals surface area (Å²) in [6, 6.07) is 16.1. The van der Waals surface area contributed by atoms with Crippen LogP contribution < -0.4 is 10.6 Å². The number of hydrogen-bond acceptors (Lipinski definition) is 10. The van der Waals surface area contributed by atoms with E-state index < -0.39 is 27.1 Å². The summed E-state index contributed by atoms with van der Waals surface area (Å²) in [5, 5.41) is 36.3. The van der Waals surface area contributed by atoms with Crippen molar-refractivity contribution in [2.75, 3.05) is 25.8 Å². The van der Waals surface area contributed by atoms with Crippen LogP contribution in [-0.2, 0) is 25.7 Å². The van der Waals surface area contributed by atoms with Crippen LogP contribution in [0, 0.1) is 12.3 Å². The van der Waals surface area contributed by atoms with Crippen LogP contribution >= 0.6 is 11.3 Å². The van der Waals surface area contributed by atoms with E-state index in [4.69, 9.17) is 0 Å². The maximum Gasteiger partial charge on any atom is 0.243 e. The van der Waals surface area contributed by atoms with E-state index in [1.54, 1.807) is 34.4 Å². The molecule has 2 saturated heterocycles. The quantitative estimate of drug-likeness (QED) is 0.102. The highest BCUT2D eigenvalue weighted by Gasteiger charge is 2.43. The number of para-hydroxylation sites is 1. The topological polar surface area (TPSA) is 194 Å². The second-order valence-corrected chi connectivity index (χ2v) is 19.5. The van der Waals surface area contributed by atoms with Gasteiger partial charge in [0.25, 0.3) is 0 Å². The number of carbonyl (C=O) groups excluding carboxylic acids is 4. The summed E-state index contributed by atoms with van der Waals surface area (Å²) >= 11 is 1.58. The van der Waals surface area contributed by atoms with E-state index in [0.717, 1.165) is 32.6 Å². The zero-order valence-electron chi connectivity index (χ0n) is 33.9. The number of aromatic nitrogens is 4. The van der Waals surface area contributed by atoms with E-state index in [2.05, 4.69) is 30.8 Å². The van der Waals surface area contributed by atoms with E-state index in [1.807, 2.05) is 75.8 Å². The van der Waals surface area contributed by atoms with Crippen molar-refractivity contribution < 1.29 is 29.4 Å². The first-order valence-corrected chi connectivity index (χ1v) is 22.9. The van der Waals surface area contributed by atoms with Crippen molar-refractivity contribution in [2.45, 2.75) is 83.5 Å². The van der Waals surface area contributed by atoms with Gasteiger partial charge < -0.3 is 35.6 Å². The van der Waals surface area contributed by atoms with Crippen molar-refractivity contribution in [1.82, 2.24) is 40.6 Å². The van der Waals surface area contributed by atoms with Gasteiger partial charge in [0.1, 0.15) is 11.8 Å². The Kier molecular flexibility index (Phi) is 12.6. The first-order valence-electron chi connectivity index (χ1n) is 20.2. The van der Waals surface area contributed by atoms with Gasteiger partial charge in [0.05, 0.1) is 37.4 Å². The Morgan fingerprint density at radius 2 is 1.78 bits per heavy atom. The molecule has 5 aromatic rings. The monoisotopic (exact) mass is 836 g/mol. The lowest BCUT2D eigenvalue weighted by Crippen LogP contribution is -2.50. The van der Waals surface area contributed by atoms with Gasteiger partial charge >= 0.3 is 0 Å². The van der Waals surface area contributed by atoms with Gasteiger partial charge in [-0.05, 0) is 53.6 Å². The maximum absolute atomic E-state index is 14.1. The van der Waals surface area contributed by atoms with Crippen LogP contribution in [0.4, 0.5) is 0 Å². The number of nitrogens with zero attached hydrogens (tertiary/aromatic N) is 5. The predicted octanol–water partition coefficient (Wildman–Crippen LogP) is 4.21. The Morgan fingerprint density at radius 1 is 1.02 bits per heavy atom. The molecule has 5 N–H and O–H groups in total. The second-order valence-electron chi connectivity index (χ2n) is 16.7. The van der Waals surface area contributed by atoms with E-state index in [0.29, 0.717) is 49.1 Å². The lowest BCUT2D eigenvalue weighted by Gasteiger charge is -2.39. The van der Waals surface area contributed by atoms with Crippen molar-refractivity contribution in [3.8, 4) is 27.4 Å². The molecule has 4 amide bonds. The van der Waals surface area contributed by atoms with Gasteiger partial charge in [0.2, 0.25) is 23.6 Å². The fourth-order valence-electron chi connectivity index (χ4n) is 8.08. The molecule has 3 aromatic heterocycles. The number of H-pyrrole nitrogens is 1. The molecule has 2 fully saturated rings. The molecule has 16 heteroatoms. The third-order valence-corrected chi connectivity index (χ3v) is 15.2. The summed E-state index contributed by atoms with van der Waals surface area (Å²) in [5.74, 6) is -0.341. The average Bonchev–Trinajstić information content (AvgIpc) is 3.92. The molecule has 0 bridgehead atoms. The number of β-amino-alcohol motifs (C(OH)–C–C–N with tert-alkyl or cyclic N) is 1. The van der Waals surface area contributed by atoms with Crippen molar-refractivity contribution in [1.29, 1.82) is 0 Å². The van der Waals surface area contributed by atoms with Crippen molar-refractivity contribution in [3.63, 3.8) is 0 Å². The molecule has 2 aliphatic rings. The highest BCUT2D eigenvalue weighted by Crippen LogP contribution is 2.36. The van der Waals surface area contributed by atoms with Gasteiger partial charge in [-0.3, -0.25) is 19.2 Å². The number of phenols is 1. The number of aryl methyl sites for hydroxylation is 1. The smallest absolute Gasteiger partial charge is 0.243 e. The van der Waals surface area contributed by atoms with E-state index >= 15 is 0 Å². The second kappa shape index (κ2) is 17.8. The number of likely N-dealkylation sites (tertiary alicyclic amines) is 2. The van der Waals surface area contributed by atoms with Crippen LogP contribution in [0.3, 0.4) is 0 Å². The molecule has 0 radical (unpaired) electrons. The lowest BCUT2D eigenvalue weighted by atomic mass is 9.90. The van der Waals surface area contributed by atoms with Gasteiger partial charge in [-0.1, -0.05) is 57.2 Å². The molecule has 0 spiro atoms. The summed E-state index contributed by atoms with van der Waals surface area (Å²) in [6.45, 7) is 9.49. The molecular weight excluding hydrogens is 785 g/mol. The Morgan fingerprint density at radius 3 is 2.49 bits per heavy atom. The standard InChI is InChI=1S/C43H52N8O6SSi/c1-25-38(58-23-46-25)27-14-12-26(13-15-27)18-45-41(56)34-16-29(52)22-51(34)42(57)39(43(2,3)4)59-24-47-36(54)10-7-11-37(55)50-20-28(21-50)32-19-44-40-31(32)17-33(48-49-40)30-8-5-6-9-35(30)53/h5-6,8-9,12-15,17,19,23,28-29,34,39,52-53H,7,10-11,16,18,20-22,24,59H2,1-4H3,(H,44,49)(H,45,56)(H,47,54)/t29-,34+,39?/m1/s1. The summed E-state index contributed by atoms with van der Waals surface area (Å²) < 4.78 is 0. The Bertz CT molecular complexity index is 2320. The van der Waals surface area contributed by atoms with Gasteiger partial charge in [0, 0.05) is 80.2 Å². The largest absolute Gasteiger partial charge is 0.507 e. The maximum atomic E-state index is 14.1. The SMILES string of the molecule is Cc1ncsc1-c1ccc(CNC(=O)[C@@H]2C[C@@H](O)CN2C(=O)C([SiH2]CNC(=O)CCCC(=O)N2CC(c3c[nH]c4nnc(-c5ccccc5O)cc34)C2)C(C)(C)C)cc1. The number of nitrogens with one attached hydrogen (secondary N) is 3. The lowest BCUT2D eigenvalue weighted by molar-refractivity contribution is -0.140. The molecule has 59 heavy (non-hydrogen) atoms. The Hall–Kier alpha value is -5.45. The number of fused-ring (bicyclic) bond motifs is 1. The van der Waals surface area contributed by atoms with Gasteiger partial charge in [0.15, 0.2) is 5.65 Å². The van der Waals surface area contributed by atoms with Crippen molar-refractivity contribution >= 4 is 55.5 Å². The number of hydrogen-bond donors (Lipinski definition) is 5. The fourth-order valence-corrected chi connectivity index (χ4v) is 10.9. The van der Waals surface area contributed by atoms with Gasteiger partial charge in [-0.25, -0.2) is 4.98 Å². The van der Waals surface area contributed by atoms with Crippen LogP contribution in [0.5, 0.6) is 5.75 Å². The van der Waals surface area contributed by atoms with Crippen LogP contribution in [0.2, 0.25) is 5.54 Å².